The third-order valence-corrected chi connectivity index (χ3v) is 4.30. The third kappa shape index (κ3) is 3.55. The van der Waals surface area contributed by atoms with Gasteiger partial charge in [0.05, 0.1) is 19.3 Å². The van der Waals surface area contributed by atoms with Gasteiger partial charge in [-0.3, -0.25) is 9.69 Å². The summed E-state index contributed by atoms with van der Waals surface area (Å²) >= 11 is 6.34. The molecule has 1 heterocycles. The second-order valence-corrected chi connectivity index (χ2v) is 5.68. The van der Waals surface area contributed by atoms with Crippen LogP contribution in [0.2, 0.25) is 5.02 Å². The molecule has 0 aliphatic carbocycles. The quantitative estimate of drug-likeness (QED) is 0.859. The van der Waals surface area contributed by atoms with Gasteiger partial charge in [-0.15, -0.1) is 0 Å². The van der Waals surface area contributed by atoms with Gasteiger partial charge in [-0.25, -0.2) is 0 Å². The molecule has 0 spiro atoms. The lowest BCUT2D eigenvalue weighted by Crippen LogP contribution is -2.56. The zero-order valence-corrected chi connectivity index (χ0v) is 12.9. The van der Waals surface area contributed by atoms with Crippen LogP contribution in [0.1, 0.15) is 24.9 Å². The van der Waals surface area contributed by atoms with Gasteiger partial charge >= 0.3 is 0 Å². The molecule has 116 valence electrons. The number of nitrogens with two attached hydrogens (primary N) is 2. The summed E-state index contributed by atoms with van der Waals surface area (Å²) in [5.74, 6) is -0.393. The van der Waals surface area contributed by atoms with Crippen molar-refractivity contribution in [1.29, 1.82) is 0 Å². The van der Waals surface area contributed by atoms with Gasteiger partial charge in [-0.1, -0.05) is 36.7 Å². The van der Waals surface area contributed by atoms with E-state index in [0.717, 1.165) is 12.0 Å². The number of ether oxygens (including phenoxy) is 1. The molecule has 1 saturated heterocycles. The average molecular weight is 312 g/mol. The maximum atomic E-state index is 11.7. The van der Waals surface area contributed by atoms with Crippen molar-refractivity contribution < 1.29 is 9.53 Å². The van der Waals surface area contributed by atoms with Crippen LogP contribution in [-0.4, -0.2) is 42.6 Å². The topological polar surface area (TPSA) is 81.6 Å². The molecule has 21 heavy (non-hydrogen) atoms. The first kappa shape index (κ1) is 16.2. The molecule has 0 bridgehead atoms. The number of nitrogens with zero attached hydrogens (tertiary/aromatic N) is 1. The van der Waals surface area contributed by atoms with E-state index in [9.17, 15) is 4.79 Å². The number of amides is 1. The van der Waals surface area contributed by atoms with Gasteiger partial charge in [0, 0.05) is 17.6 Å². The molecule has 1 aliphatic heterocycles. The average Bonchev–Trinajstić information content (AvgIpc) is 2.49. The molecule has 6 heteroatoms. The molecule has 0 radical (unpaired) electrons. The minimum atomic E-state index is -0.474. The Morgan fingerprint density at radius 3 is 2.86 bits per heavy atom. The Morgan fingerprint density at radius 1 is 1.52 bits per heavy atom. The Balaban J connectivity index is 2.39. The highest BCUT2D eigenvalue weighted by molar-refractivity contribution is 6.31. The van der Waals surface area contributed by atoms with Crippen LogP contribution in [0, 0.1) is 0 Å². The van der Waals surface area contributed by atoms with E-state index in [2.05, 4.69) is 0 Å². The van der Waals surface area contributed by atoms with Gasteiger partial charge in [-0.2, -0.15) is 0 Å². The molecule has 3 unspecified atom stereocenters. The second-order valence-electron chi connectivity index (χ2n) is 5.27. The van der Waals surface area contributed by atoms with Crippen molar-refractivity contribution in [3.8, 4) is 0 Å². The highest BCUT2D eigenvalue weighted by Gasteiger charge is 2.36. The number of hydrogen-bond acceptors (Lipinski definition) is 4. The molecular weight excluding hydrogens is 290 g/mol. The monoisotopic (exact) mass is 311 g/mol. The smallest absolute Gasteiger partial charge is 0.237 e. The summed E-state index contributed by atoms with van der Waals surface area (Å²) in [4.78, 5) is 13.8. The molecule has 0 saturated carbocycles. The Morgan fingerprint density at radius 2 is 2.24 bits per heavy atom. The van der Waals surface area contributed by atoms with E-state index in [-0.39, 0.29) is 12.1 Å². The van der Waals surface area contributed by atoms with Crippen molar-refractivity contribution in [2.45, 2.75) is 31.5 Å². The molecule has 1 aromatic rings. The molecule has 5 nitrogen and oxygen atoms in total. The minimum absolute atomic E-state index is 0.134. The number of carbonyl (C=O) groups is 1. The zero-order valence-electron chi connectivity index (χ0n) is 12.2. The maximum Gasteiger partial charge on any atom is 0.237 e. The van der Waals surface area contributed by atoms with Gasteiger partial charge in [0.25, 0.3) is 0 Å². The first-order chi connectivity index (χ1) is 10.1. The van der Waals surface area contributed by atoms with Gasteiger partial charge in [-0.05, 0) is 18.1 Å². The Labute approximate surface area is 130 Å². The van der Waals surface area contributed by atoms with Crippen LogP contribution in [0.5, 0.6) is 0 Å². The number of carbonyl (C=O) groups excluding carboxylic acids is 1. The van der Waals surface area contributed by atoms with Crippen LogP contribution in [0.3, 0.4) is 0 Å². The van der Waals surface area contributed by atoms with Crippen molar-refractivity contribution in [2.75, 3.05) is 19.8 Å². The van der Waals surface area contributed by atoms with Gasteiger partial charge in [0.1, 0.15) is 6.04 Å². The first-order valence-corrected chi connectivity index (χ1v) is 7.56. The summed E-state index contributed by atoms with van der Waals surface area (Å²) in [5, 5.41) is 0.654. The number of halogens is 1. The normalized spacial score (nSPS) is 22.7. The molecule has 2 rings (SSSR count). The van der Waals surface area contributed by atoms with Crippen LogP contribution in [-0.2, 0) is 9.53 Å². The molecule has 1 aliphatic rings. The number of primary amides is 1. The largest absolute Gasteiger partial charge is 0.378 e. The van der Waals surface area contributed by atoms with E-state index >= 15 is 0 Å². The first-order valence-electron chi connectivity index (χ1n) is 7.19. The van der Waals surface area contributed by atoms with E-state index in [0.29, 0.717) is 24.8 Å². The fraction of sp³-hybridized carbons (Fsp3) is 0.533. The van der Waals surface area contributed by atoms with Gasteiger partial charge in [0.2, 0.25) is 5.91 Å². The SMILES string of the molecule is CCC(N)C(c1ccccc1Cl)N1CCOCC1C(N)=O. The Hall–Kier alpha value is -1.14. The predicted molar refractivity (Wildman–Crippen MR) is 83.0 cm³/mol. The van der Waals surface area contributed by atoms with Crippen LogP contribution in [0.4, 0.5) is 0 Å². The van der Waals surface area contributed by atoms with E-state index in [1.807, 2.05) is 36.1 Å². The third-order valence-electron chi connectivity index (χ3n) is 3.96. The standard InChI is InChI=1S/C15H22ClN3O2/c1-2-12(17)14(10-5-3-4-6-11(10)16)19-7-8-21-9-13(19)15(18)20/h3-6,12-14H,2,7-9,17H2,1H3,(H2,18,20). The molecule has 3 atom stereocenters. The number of morpholine rings is 1. The van der Waals surface area contributed by atoms with Gasteiger partial charge in [0.15, 0.2) is 0 Å². The fourth-order valence-electron chi connectivity index (χ4n) is 2.79. The van der Waals surface area contributed by atoms with Crippen LogP contribution < -0.4 is 11.5 Å². The second kappa shape index (κ2) is 7.22. The highest BCUT2D eigenvalue weighted by atomic mass is 35.5. The van der Waals surface area contributed by atoms with Crippen molar-refractivity contribution >= 4 is 17.5 Å². The molecule has 1 amide bonds. The maximum absolute atomic E-state index is 11.7. The van der Waals surface area contributed by atoms with Crippen LogP contribution in [0.15, 0.2) is 24.3 Å². The van der Waals surface area contributed by atoms with E-state index in [1.165, 1.54) is 0 Å². The molecular formula is C15H22ClN3O2. The van der Waals surface area contributed by atoms with Crippen molar-refractivity contribution in [2.24, 2.45) is 11.5 Å². The summed E-state index contributed by atoms with van der Waals surface area (Å²) in [6, 6.07) is 6.84. The molecule has 1 fully saturated rings. The lowest BCUT2D eigenvalue weighted by atomic mass is 9.94. The van der Waals surface area contributed by atoms with E-state index < -0.39 is 11.9 Å². The van der Waals surface area contributed by atoms with Crippen molar-refractivity contribution in [1.82, 2.24) is 4.90 Å². The Kier molecular flexibility index (Phi) is 5.58. The van der Waals surface area contributed by atoms with Crippen molar-refractivity contribution in [3.63, 3.8) is 0 Å². The summed E-state index contributed by atoms with van der Waals surface area (Å²) in [5.41, 5.74) is 12.8. The van der Waals surface area contributed by atoms with Crippen LogP contribution >= 0.6 is 11.6 Å². The lowest BCUT2D eigenvalue weighted by Gasteiger charge is -2.42. The highest BCUT2D eigenvalue weighted by Crippen LogP contribution is 2.32. The molecule has 4 N–H and O–H groups in total. The van der Waals surface area contributed by atoms with Gasteiger partial charge < -0.3 is 16.2 Å². The summed E-state index contributed by atoms with van der Waals surface area (Å²) in [6.45, 7) is 3.49. The van der Waals surface area contributed by atoms with E-state index in [1.54, 1.807) is 0 Å². The summed E-state index contributed by atoms with van der Waals surface area (Å²) in [6.07, 6.45) is 0.777. The lowest BCUT2D eigenvalue weighted by molar-refractivity contribution is -0.132. The van der Waals surface area contributed by atoms with E-state index in [4.69, 9.17) is 27.8 Å². The number of hydrogen-bond donors (Lipinski definition) is 2. The van der Waals surface area contributed by atoms with Crippen molar-refractivity contribution in [3.05, 3.63) is 34.9 Å². The predicted octanol–water partition coefficient (Wildman–Crippen LogP) is 1.30. The molecule has 1 aromatic carbocycles. The zero-order chi connectivity index (χ0) is 15.4. The van der Waals surface area contributed by atoms with Crippen LogP contribution in [0.25, 0.3) is 0 Å². The summed E-state index contributed by atoms with van der Waals surface area (Å²) in [7, 11) is 0. The molecule has 0 aromatic heterocycles. The number of benzene rings is 1. The minimum Gasteiger partial charge on any atom is -0.378 e. The number of rotatable bonds is 5. The fourth-order valence-corrected chi connectivity index (χ4v) is 3.04. The Bertz CT molecular complexity index is 498. The summed E-state index contributed by atoms with van der Waals surface area (Å²) < 4.78 is 5.39.